The highest BCUT2D eigenvalue weighted by atomic mass is 32.2. The Balaban J connectivity index is 1.78. The largest absolute Gasteiger partial charge is 0.497 e. The minimum atomic E-state index is -0.637. The van der Waals surface area contributed by atoms with E-state index in [-0.39, 0.29) is 11.5 Å². The summed E-state index contributed by atoms with van der Waals surface area (Å²) in [5.74, 6) is -0.104. The second-order valence-electron chi connectivity index (χ2n) is 5.87. The molecule has 2 aromatic carbocycles. The summed E-state index contributed by atoms with van der Waals surface area (Å²) >= 11 is 1.41. The van der Waals surface area contributed by atoms with Gasteiger partial charge in [0, 0.05) is 11.8 Å². The average molecular weight is 412 g/mol. The van der Waals surface area contributed by atoms with Gasteiger partial charge in [-0.2, -0.15) is 0 Å². The van der Waals surface area contributed by atoms with E-state index in [1.54, 1.807) is 22.8 Å². The van der Waals surface area contributed by atoms with Gasteiger partial charge in [-0.3, -0.25) is 9.36 Å². The first-order valence-electron chi connectivity index (χ1n) is 8.68. The van der Waals surface area contributed by atoms with Crippen LogP contribution in [0.2, 0.25) is 0 Å². The van der Waals surface area contributed by atoms with E-state index in [2.05, 4.69) is 4.98 Å². The molecule has 1 heterocycles. The monoisotopic (exact) mass is 412 g/mol. The number of ketones is 1. The van der Waals surface area contributed by atoms with Gasteiger partial charge in [0.25, 0.3) is 0 Å². The van der Waals surface area contributed by atoms with Crippen LogP contribution in [0.15, 0.2) is 59.9 Å². The van der Waals surface area contributed by atoms with E-state index < -0.39 is 12.6 Å². The number of thioether (sulfide) groups is 1. The second-order valence-corrected chi connectivity index (χ2v) is 6.64. The third-order valence-corrected chi connectivity index (χ3v) is 4.83. The van der Waals surface area contributed by atoms with Crippen LogP contribution in [0.25, 0.3) is 5.69 Å². The van der Waals surface area contributed by atoms with Gasteiger partial charge < -0.3 is 14.2 Å². The zero-order valence-electron chi connectivity index (χ0n) is 16.2. The SMILES string of the molecule is COc1ccc(C(=O)COC(=O)c2cnc(SC)n2-c2ccccc2)c(OC)c1. The van der Waals surface area contributed by atoms with Crippen molar-refractivity contribution in [3.8, 4) is 17.2 Å². The molecule has 3 rings (SSSR count). The minimum absolute atomic E-state index is 0.245. The lowest BCUT2D eigenvalue weighted by Crippen LogP contribution is -2.17. The van der Waals surface area contributed by atoms with Crippen LogP contribution in [0.5, 0.6) is 11.5 Å². The van der Waals surface area contributed by atoms with Crippen molar-refractivity contribution in [2.75, 3.05) is 27.1 Å². The van der Waals surface area contributed by atoms with Crippen molar-refractivity contribution < 1.29 is 23.8 Å². The minimum Gasteiger partial charge on any atom is -0.497 e. The Bertz CT molecular complexity index is 1020. The number of imidazole rings is 1. The molecule has 0 aliphatic carbocycles. The molecule has 0 spiro atoms. The first-order valence-corrected chi connectivity index (χ1v) is 9.91. The van der Waals surface area contributed by atoms with Gasteiger partial charge in [0.2, 0.25) is 5.78 Å². The first-order chi connectivity index (χ1) is 14.1. The van der Waals surface area contributed by atoms with Crippen LogP contribution in [0, 0.1) is 0 Å². The molecule has 0 N–H and O–H groups in total. The number of rotatable bonds is 8. The molecular formula is C21H20N2O5S. The van der Waals surface area contributed by atoms with Crippen molar-refractivity contribution in [1.29, 1.82) is 0 Å². The molecule has 7 nitrogen and oxygen atoms in total. The molecule has 1 aromatic heterocycles. The van der Waals surface area contributed by atoms with Gasteiger partial charge in [0.05, 0.1) is 26.0 Å². The van der Waals surface area contributed by atoms with Crippen LogP contribution in [-0.2, 0) is 4.74 Å². The summed E-state index contributed by atoms with van der Waals surface area (Å²) in [6, 6.07) is 14.2. The van der Waals surface area contributed by atoms with E-state index in [9.17, 15) is 9.59 Å². The predicted octanol–water partition coefficient (Wildman–Crippen LogP) is 3.65. The van der Waals surface area contributed by atoms with Gasteiger partial charge in [-0.15, -0.1) is 0 Å². The Labute approximate surface area is 172 Å². The highest BCUT2D eigenvalue weighted by Crippen LogP contribution is 2.25. The summed E-state index contributed by atoms with van der Waals surface area (Å²) in [6.07, 6.45) is 3.32. The lowest BCUT2D eigenvalue weighted by molar-refractivity contribution is 0.0465. The number of esters is 1. The Morgan fingerprint density at radius 2 is 1.83 bits per heavy atom. The first kappa shape index (κ1) is 20.5. The van der Waals surface area contributed by atoms with Crippen LogP contribution in [0.1, 0.15) is 20.8 Å². The number of hydrogen-bond acceptors (Lipinski definition) is 7. The van der Waals surface area contributed by atoms with Crippen LogP contribution >= 0.6 is 11.8 Å². The molecular weight excluding hydrogens is 392 g/mol. The molecule has 0 saturated carbocycles. The van der Waals surface area contributed by atoms with E-state index in [0.29, 0.717) is 22.2 Å². The molecule has 0 fully saturated rings. The van der Waals surface area contributed by atoms with Gasteiger partial charge in [-0.1, -0.05) is 30.0 Å². The summed E-state index contributed by atoms with van der Waals surface area (Å²) in [5, 5.41) is 0.645. The van der Waals surface area contributed by atoms with E-state index >= 15 is 0 Å². The van der Waals surface area contributed by atoms with E-state index in [0.717, 1.165) is 5.69 Å². The van der Waals surface area contributed by atoms with Crippen LogP contribution in [0.3, 0.4) is 0 Å². The number of carbonyl (C=O) groups is 2. The Kier molecular flexibility index (Phi) is 6.56. The number of aromatic nitrogens is 2. The molecule has 3 aromatic rings. The molecule has 0 unspecified atom stereocenters. The van der Waals surface area contributed by atoms with Crippen molar-refractivity contribution in [3.05, 3.63) is 66.0 Å². The van der Waals surface area contributed by atoms with E-state index in [1.807, 2.05) is 36.6 Å². The smallest absolute Gasteiger partial charge is 0.357 e. The Morgan fingerprint density at radius 3 is 2.48 bits per heavy atom. The van der Waals surface area contributed by atoms with Crippen molar-refractivity contribution in [1.82, 2.24) is 9.55 Å². The Morgan fingerprint density at radius 1 is 1.07 bits per heavy atom. The van der Waals surface area contributed by atoms with Crippen molar-refractivity contribution in [3.63, 3.8) is 0 Å². The van der Waals surface area contributed by atoms with E-state index in [4.69, 9.17) is 14.2 Å². The quantitative estimate of drug-likeness (QED) is 0.317. The molecule has 29 heavy (non-hydrogen) atoms. The van der Waals surface area contributed by atoms with Crippen LogP contribution in [0.4, 0.5) is 0 Å². The molecule has 150 valence electrons. The maximum atomic E-state index is 12.7. The van der Waals surface area contributed by atoms with Gasteiger partial charge >= 0.3 is 5.97 Å². The summed E-state index contributed by atoms with van der Waals surface area (Å²) in [7, 11) is 2.98. The van der Waals surface area contributed by atoms with Gasteiger partial charge in [-0.25, -0.2) is 9.78 Å². The standard InChI is InChI=1S/C21H20N2O5S/c1-26-15-9-10-16(19(11-15)27-2)18(24)13-28-20(25)17-12-22-21(29-3)23(17)14-7-5-4-6-8-14/h4-12H,13H2,1-3H3. The Hall–Kier alpha value is -3.26. The van der Waals surface area contributed by atoms with Gasteiger partial charge in [0.1, 0.15) is 11.5 Å². The molecule has 0 aliphatic rings. The number of carbonyl (C=O) groups excluding carboxylic acids is 2. The van der Waals surface area contributed by atoms with Gasteiger partial charge in [-0.05, 0) is 30.5 Å². The fourth-order valence-electron chi connectivity index (χ4n) is 2.76. The number of ether oxygens (including phenoxy) is 3. The fourth-order valence-corrected chi connectivity index (χ4v) is 3.31. The average Bonchev–Trinajstić information content (AvgIpc) is 3.21. The maximum Gasteiger partial charge on any atom is 0.357 e. The number of hydrogen-bond donors (Lipinski definition) is 0. The lowest BCUT2D eigenvalue weighted by Gasteiger charge is -2.12. The number of para-hydroxylation sites is 1. The van der Waals surface area contributed by atoms with Gasteiger partial charge in [0.15, 0.2) is 17.5 Å². The molecule has 0 atom stereocenters. The molecule has 0 bridgehead atoms. The summed E-state index contributed by atoms with van der Waals surface area (Å²) in [6.45, 7) is -0.421. The van der Waals surface area contributed by atoms with Crippen molar-refractivity contribution in [2.24, 2.45) is 0 Å². The van der Waals surface area contributed by atoms with Crippen molar-refractivity contribution in [2.45, 2.75) is 5.16 Å². The molecule has 8 heteroatoms. The van der Waals surface area contributed by atoms with Crippen LogP contribution < -0.4 is 9.47 Å². The maximum absolute atomic E-state index is 12.7. The molecule has 0 amide bonds. The van der Waals surface area contributed by atoms with Crippen molar-refractivity contribution >= 4 is 23.5 Å². The highest BCUT2D eigenvalue weighted by Gasteiger charge is 2.21. The predicted molar refractivity (Wildman–Crippen MR) is 110 cm³/mol. The number of benzene rings is 2. The third kappa shape index (κ3) is 4.43. The topological polar surface area (TPSA) is 79.7 Å². The normalized spacial score (nSPS) is 10.4. The number of methoxy groups -OCH3 is 2. The lowest BCUT2D eigenvalue weighted by atomic mass is 10.1. The van der Waals surface area contributed by atoms with E-state index in [1.165, 1.54) is 32.2 Å². The number of nitrogens with zero attached hydrogens (tertiary/aromatic N) is 2. The molecule has 0 radical (unpaired) electrons. The zero-order valence-corrected chi connectivity index (χ0v) is 17.1. The second kappa shape index (κ2) is 9.29. The van der Waals surface area contributed by atoms with Crippen LogP contribution in [-0.4, -0.2) is 48.4 Å². The summed E-state index contributed by atoms with van der Waals surface area (Å²) < 4.78 is 17.3. The highest BCUT2D eigenvalue weighted by molar-refractivity contribution is 7.98. The summed E-state index contributed by atoms with van der Waals surface area (Å²) in [5.41, 5.74) is 1.34. The molecule has 0 saturated heterocycles. The fraction of sp³-hybridized carbons (Fsp3) is 0.190. The molecule has 0 aliphatic heterocycles. The zero-order chi connectivity index (χ0) is 20.8. The summed E-state index contributed by atoms with van der Waals surface area (Å²) in [4.78, 5) is 29.5. The third-order valence-electron chi connectivity index (χ3n) is 4.18. The number of Topliss-reactive ketones (excluding diaryl/α,β-unsaturated/α-hetero) is 1.